The van der Waals surface area contributed by atoms with Gasteiger partial charge in [-0.1, -0.05) is 0 Å². The number of furan rings is 1. The number of fused-ring (bicyclic) bond motifs is 1. The molecule has 74 valence electrons. The second-order valence-corrected chi connectivity index (χ2v) is 3.16. The van der Waals surface area contributed by atoms with Gasteiger partial charge in [-0.15, -0.1) is 0 Å². The molecule has 2 N–H and O–H groups in total. The van der Waals surface area contributed by atoms with Gasteiger partial charge in [-0.3, -0.25) is 5.73 Å². The van der Waals surface area contributed by atoms with Crippen LogP contribution in [-0.4, -0.2) is 24.2 Å². The number of amidine groups is 1. The van der Waals surface area contributed by atoms with E-state index in [2.05, 4.69) is 20.0 Å². The fourth-order valence-corrected chi connectivity index (χ4v) is 1.54. The molecule has 15 heavy (non-hydrogen) atoms. The van der Waals surface area contributed by atoms with Crippen molar-refractivity contribution in [1.82, 2.24) is 0 Å². The number of aliphatic imine (C=N–C) groups is 4. The molecule has 0 saturated carbocycles. The van der Waals surface area contributed by atoms with Gasteiger partial charge in [0.15, 0.2) is 11.6 Å². The molecule has 2 aliphatic heterocycles. The largest absolute Gasteiger partial charge is 0.465 e. The highest BCUT2D eigenvalue weighted by atomic mass is 16.3. The Morgan fingerprint density at radius 1 is 1.27 bits per heavy atom. The number of nitrogens with two attached hydrogens (primary N) is 1. The summed E-state index contributed by atoms with van der Waals surface area (Å²) in [5, 5.41) is 0. The zero-order chi connectivity index (χ0) is 10.3. The van der Waals surface area contributed by atoms with Gasteiger partial charge in [-0.2, -0.15) is 0 Å². The van der Waals surface area contributed by atoms with Crippen molar-refractivity contribution in [2.24, 2.45) is 25.7 Å². The van der Waals surface area contributed by atoms with Crippen molar-refractivity contribution >= 4 is 24.2 Å². The van der Waals surface area contributed by atoms with E-state index < -0.39 is 5.66 Å². The molecule has 6 nitrogen and oxygen atoms in total. The lowest BCUT2D eigenvalue weighted by Crippen LogP contribution is -2.47. The fraction of sp³-hybridized carbons (Fsp3) is 0.111. The predicted octanol–water partition coefficient (Wildman–Crippen LogP) is 0.314. The lowest BCUT2D eigenvalue weighted by Gasteiger charge is -2.23. The van der Waals surface area contributed by atoms with Crippen LogP contribution in [0.4, 0.5) is 0 Å². The van der Waals surface area contributed by atoms with E-state index in [9.17, 15) is 0 Å². The fourth-order valence-electron chi connectivity index (χ4n) is 1.54. The Bertz CT molecular complexity index is 511. The third-order valence-corrected chi connectivity index (χ3v) is 2.28. The van der Waals surface area contributed by atoms with Crippen LogP contribution in [0.2, 0.25) is 0 Å². The molecule has 0 aromatic carbocycles. The SMILES string of the molecule is NC1(c2ccco2)N=CN=C2N=CN=C21. The summed E-state index contributed by atoms with van der Waals surface area (Å²) in [5.41, 5.74) is 5.54. The van der Waals surface area contributed by atoms with Crippen LogP contribution in [0.15, 0.2) is 42.8 Å². The van der Waals surface area contributed by atoms with Crippen LogP contribution < -0.4 is 5.73 Å². The minimum Gasteiger partial charge on any atom is -0.465 e. The van der Waals surface area contributed by atoms with Gasteiger partial charge in [0.25, 0.3) is 0 Å². The van der Waals surface area contributed by atoms with E-state index in [4.69, 9.17) is 10.2 Å². The zero-order valence-corrected chi connectivity index (χ0v) is 7.66. The van der Waals surface area contributed by atoms with Crippen LogP contribution >= 0.6 is 0 Å². The molecule has 0 bridgehead atoms. The molecular weight excluding hydrogens is 194 g/mol. The molecule has 1 aromatic heterocycles. The predicted molar refractivity (Wildman–Crippen MR) is 56.4 cm³/mol. The topological polar surface area (TPSA) is 88.6 Å². The molecule has 0 amide bonds. The maximum atomic E-state index is 6.13. The molecule has 0 fully saturated rings. The van der Waals surface area contributed by atoms with Gasteiger partial charge in [0.1, 0.15) is 18.4 Å². The van der Waals surface area contributed by atoms with Crippen molar-refractivity contribution in [2.45, 2.75) is 5.66 Å². The molecule has 0 aliphatic carbocycles. The number of rotatable bonds is 1. The minimum atomic E-state index is -1.10. The van der Waals surface area contributed by atoms with Crippen molar-refractivity contribution in [2.75, 3.05) is 0 Å². The Morgan fingerprint density at radius 2 is 2.20 bits per heavy atom. The Kier molecular flexibility index (Phi) is 1.49. The van der Waals surface area contributed by atoms with Crippen molar-refractivity contribution in [3.8, 4) is 0 Å². The Hall–Kier alpha value is -2.08. The van der Waals surface area contributed by atoms with Crippen LogP contribution in [0.25, 0.3) is 0 Å². The van der Waals surface area contributed by atoms with Gasteiger partial charge < -0.3 is 4.42 Å². The monoisotopic (exact) mass is 201 g/mol. The standard InChI is InChI=1S/C9H7N5O/c10-9(6-2-1-3-15-6)7-8(12-4-11-7)13-5-14-9/h1-5H,10H2. The van der Waals surface area contributed by atoms with Crippen molar-refractivity contribution < 1.29 is 4.42 Å². The molecule has 0 saturated heterocycles. The highest BCUT2D eigenvalue weighted by molar-refractivity contribution is 6.50. The molecule has 2 aliphatic rings. The first-order valence-corrected chi connectivity index (χ1v) is 4.36. The second kappa shape index (κ2) is 2.71. The van der Waals surface area contributed by atoms with Crippen LogP contribution in [0.1, 0.15) is 5.76 Å². The first-order valence-electron chi connectivity index (χ1n) is 4.36. The molecule has 0 radical (unpaired) electrons. The molecule has 3 heterocycles. The van der Waals surface area contributed by atoms with Crippen LogP contribution in [0.3, 0.4) is 0 Å². The molecular formula is C9H7N5O. The van der Waals surface area contributed by atoms with Crippen LogP contribution in [0.5, 0.6) is 0 Å². The van der Waals surface area contributed by atoms with Crippen molar-refractivity contribution in [3.05, 3.63) is 24.2 Å². The Balaban J connectivity index is 2.15. The van der Waals surface area contributed by atoms with Gasteiger partial charge in [0.05, 0.1) is 6.26 Å². The summed E-state index contributed by atoms with van der Waals surface area (Å²) < 4.78 is 5.25. The summed E-state index contributed by atoms with van der Waals surface area (Å²) in [5.74, 6) is 1.01. The number of hydrogen-bond donors (Lipinski definition) is 1. The third kappa shape index (κ3) is 1.02. The van der Waals surface area contributed by atoms with Gasteiger partial charge in [-0.25, -0.2) is 20.0 Å². The Morgan fingerprint density at radius 3 is 3.00 bits per heavy atom. The quantitative estimate of drug-likeness (QED) is 0.708. The van der Waals surface area contributed by atoms with E-state index in [1.165, 1.54) is 12.7 Å². The minimum absolute atomic E-state index is 0.490. The Labute approximate surface area is 85.0 Å². The zero-order valence-electron chi connectivity index (χ0n) is 7.66. The summed E-state index contributed by atoms with van der Waals surface area (Å²) >= 11 is 0. The maximum Gasteiger partial charge on any atom is 0.214 e. The summed E-state index contributed by atoms with van der Waals surface area (Å²) in [6.45, 7) is 0. The molecule has 1 aromatic rings. The highest BCUT2D eigenvalue weighted by Gasteiger charge is 2.41. The number of hydrogen-bond acceptors (Lipinski definition) is 6. The van der Waals surface area contributed by atoms with Gasteiger partial charge in [0.2, 0.25) is 5.66 Å². The summed E-state index contributed by atoms with van der Waals surface area (Å²) in [4.78, 5) is 16.1. The van der Waals surface area contributed by atoms with E-state index >= 15 is 0 Å². The molecule has 1 unspecified atom stereocenters. The summed E-state index contributed by atoms with van der Waals surface area (Å²) in [7, 11) is 0. The highest BCUT2D eigenvalue weighted by Crippen LogP contribution is 2.26. The van der Waals surface area contributed by atoms with Crippen LogP contribution in [0, 0.1) is 0 Å². The molecule has 0 spiro atoms. The average molecular weight is 201 g/mol. The van der Waals surface area contributed by atoms with Crippen LogP contribution in [-0.2, 0) is 5.66 Å². The number of nitrogens with zero attached hydrogens (tertiary/aromatic N) is 4. The first kappa shape index (κ1) is 8.25. The van der Waals surface area contributed by atoms with Gasteiger partial charge in [-0.05, 0) is 12.1 Å². The first-order chi connectivity index (χ1) is 7.31. The van der Waals surface area contributed by atoms with Crippen molar-refractivity contribution in [1.29, 1.82) is 0 Å². The van der Waals surface area contributed by atoms with Crippen molar-refractivity contribution in [3.63, 3.8) is 0 Å². The molecule has 6 heteroatoms. The van der Waals surface area contributed by atoms with Gasteiger partial charge >= 0.3 is 0 Å². The average Bonchev–Trinajstić information content (AvgIpc) is 2.89. The van der Waals surface area contributed by atoms with E-state index in [-0.39, 0.29) is 0 Å². The van der Waals surface area contributed by atoms with E-state index in [1.807, 2.05) is 0 Å². The normalized spacial score (nSPS) is 27.5. The smallest absolute Gasteiger partial charge is 0.214 e. The van der Waals surface area contributed by atoms with E-state index in [1.54, 1.807) is 18.4 Å². The van der Waals surface area contributed by atoms with E-state index in [0.717, 1.165) is 0 Å². The van der Waals surface area contributed by atoms with Gasteiger partial charge in [0, 0.05) is 0 Å². The lowest BCUT2D eigenvalue weighted by atomic mass is 10.0. The lowest BCUT2D eigenvalue weighted by molar-refractivity contribution is 0.434. The summed E-state index contributed by atoms with van der Waals surface area (Å²) in [6.07, 6.45) is 4.33. The molecule has 1 atom stereocenters. The van der Waals surface area contributed by atoms with E-state index in [0.29, 0.717) is 17.3 Å². The third-order valence-electron chi connectivity index (χ3n) is 2.28. The molecule has 3 rings (SSSR count). The summed E-state index contributed by atoms with van der Waals surface area (Å²) in [6, 6.07) is 3.50. The maximum absolute atomic E-state index is 6.13. The second-order valence-electron chi connectivity index (χ2n) is 3.16.